The molecule has 1 N–H and O–H groups in total. The van der Waals surface area contributed by atoms with Gasteiger partial charge in [-0.25, -0.2) is 13.2 Å². The normalized spacial score (nSPS) is 12.1. The lowest BCUT2D eigenvalue weighted by atomic mass is 10.1. The van der Waals surface area contributed by atoms with Gasteiger partial charge in [-0.2, -0.15) is 0 Å². The molecule has 0 aliphatic carbocycles. The van der Waals surface area contributed by atoms with Gasteiger partial charge in [0, 0.05) is 12.1 Å². The van der Waals surface area contributed by atoms with Crippen molar-refractivity contribution in [1.29, 1.82) is 0 Å². The van der Waals surface area contributed by atoms with Crippen LogP contribution >= 0.6 is 0 Å². The van der Waals surface area contributed by atoms with E-state index < -0.39 is 35.1 Å². The number of benzene rings is 2. The first-order valence-corrected chi connectivity index (χ1v) is 7.61. The number of hydrogen-bond acceptors (Lipinski definition) is 3. The highest BCUT2D eigenvalue weighted by molar-refractivity contribution is 5.94. The zero-order valence-corrected chi connectivity index (χ0v) is 14.1. The smallest absolute Gasteiger partial charge is 0.241 e. The number of carbonyl (C=O) groups excluding carboxylic acids is 1. The van der Waals surface area contributed by atoms with Crippen molar-refractivity contribution in [3.05, 3.63) is 59.4 Å². The minimum Gasteiger partial charge on any atom is -0.496 e. The second-order valence-corrected chi connectivity index (χ2v) is 5.62. The van der Waals surface area contributed by atoms with Crippen molar-refractivity contribution in [3.8, 4) is 5.75 Å². The summed E-state index contributed by atoms with van der Waals surface area (Å²) in [5.41, 5.74) is 0.479. The van der Waals surface area contributed by atoms with Gasteiger partial charge in [-0.15, -0.1) is 0 Å². The fourth-order valence-corrected chi connectivity index (χ4v) is 2.30. The Hall–Kier alpha value is -2.54. The summed E-state index contributed by atoms with van der Waals surface area (Å²) in [5.74, 6) is -4.20. The molecule has 0 saturated carbocycles. The monoisotopic (exact) mass is 352 g/mol. The van der Waals surface area contributed by atoms with E-state index in [2.05, 4.69) is 5.32 Å². The third-order valence-corrected chi connectivity index (χ3v) is 3.95. The van der Waals surface area contributed by atoms with Gasteiger partial charge < -0.3 is 10.1 Å². The molecule has 0 aliphatic rings. The number of likely N-dealkylation sites (N-methyl/N-ethyl adjacent to an activating group) is 1. The molecule has 0 spiro atoms. The van der Waals surface area contributed by atoms with Gasteiger partial charge in [0.15, 0.2) is 17.5 Å². The number of halogens is 3. The standard InChI is InChI=1S/C18H19F3N2O2/c1-11(23(2)10-12-6-4-5-7-15(12)25-3)18(24)22-14-9-8-13(19)16(20)17(14)21/h4-9,11H,10H2,1-3H3,(H,22,24)/t11-/m1/s1. The third kappa shape index (κ3) is 4.30. The van der Waals surface area contributed by atoms with Crippen LogP contribution in [-0.2, 0) is 11.3 Å². The minimum atomic E-state index is -1.62. The molecule has 0 fully saturated rings. The van der Waals surface area contributed by atoms with Gasteiger partial charge in [0.2, 0.25) is 5.91 Å². The fourth-order valence-electron chi connectivity index (χ4n) is 2.30. The average Bonchev–Trinajstić information content (AvgIpc) is 2.61. The number of carbonyl (C=O) groups is 1. The van der Waals surface area contributed by atoms with Crippen LogP contribution in [0.25, 0.3) is 0 Å². The summed E-state index contributed by atoms with van der Waals surface area (Å²) >= 11 is 0. The molecule has 0 aromatic heterocycles. The van der Waals surface area contributed by atoms with Crippen LogP contribution in [0.1, 0.15) is 12.5 Å². The number of amides is 1. The van der Waals surface area contributed by atoms with Gasteiger partial charge in [0.1, 0.15) is 5.75 Å². The van der Waals surface area contributed by atoms with E-state index in [0.717, 1.165) is 17.7 Å². The molecule has 2 rings (SSSR count). The maximum Gasteiger partial charge on any atom is 0.241 e. The van der Waals surface area contributed by atoms with Crippen molar-refractivity contribution in [1.82, 2.24) is 4.90 Å². The quantitative estimate of drug-likeness (QED) is 0.808. The van der Waals surface area contributed by atoms with E-state index in [9.17, 15) is 18.0 Å². The van der Waals surface area contributed by atoms with E-state index >= 15 is 0 Å². The van der Waals surface area contributed by atoms with Crippen LogP contribution in [0.2, 0.25) is 0 Å². The first-order valence-electron chi connectivity index (χ1n) is 7.61. The minimum absolute atomic E-state index is 0.401. The predicted octanol–water partition coefficient (Wildman–Crippen LogP) is 3.57. The third-order valence-electron chi connectivity index (χ3n) is 3.95. The number of methoxy groups -OCH3 is 1. The van der Waals surface area contributed by atoms with Gasteiger partial charge in [0.05, 0.1) is 18.8 Å². The van der Waals surface area contributed by atoms with Crippen LogP contribution in [0.3, 0.4) is 0 Å². The Labute approximate surface area is 144 Å². The number of nitrogens with zero attached hydrogens (tertiary/aromatic N) is 1. The number of hydrogen-bond donors (Lipinski definition) is 1. The molecule has 25 heavy (non-hydrogen) atoms. The average molecular weight is 352 g/mol. The van der Waals surface area contributed by atoms with Crippen LogP contribution in [-0.4, -0.2) is 31.0 Å². The molecule has 2 aromatic carbocycles. The summed E-state index contributed by atoms with van der Waals surface area (Å²) in [7, 11) is 3.28. The molecule has 0 bridgehead atoms. The maximum atomic E-state index is 13.7. The van der Waals surface area contributed by atoms with Crippen molar-refractivity contribution in [2.45, 2.75) is 19.5 Å². The van der Waals surface area contributed by atoms with Crippen LogP contribution in [0, 0.1) is 17.5 Å². The summed E-state index contributed by atoms with van der Waals surface area (Å²) in [5, 5.41) is 2.28. The second kappa shape index (κ2) is 8.02. The molecule has 0 aliphatic heterocycles. The van der Waals surface area contributed by atoms with Gasteiger partial charge in [-0.05, 0) is 32.2 Å². The Morgan fingerprint density at radius 3 is 2.52 bits per heavy atom. The Bertz CT molecular complexity index is 768. The highest BCUT2D eigenvalue weighted by atomic mass is 19.2. The molecule has 1 atom stereocenters. The van der Waals surface area contributed by atoms with E-state index in [1.807, 2.05) is 24.3 Å². The van der Waals surface area contributed by atoms with Crippen LogP contribution in [0.5, 0.6) is 5.75 Å². The molecule has 0 unspecified atom stereocenters. The van der Waals surface area contributed by atoms with Crippen molar-refractivity contribution in [2.75, 3.05) is 19.5 Å². The van der Waals surface area contributed by atoms with E-state index in [1.54, 1.807) is 26.0 Å². The molecule has 0 saturated heterocycles. The summed E-state index contributed by atoms with van der Waals surface area (Å²) in [6.45, 7) is 2.04. The van der Waals surface area contributed by atoms with Crippen LogP contribution < -0.4 is 10.1 Å². The van der Waals surface area contributed by atoms with Gasteiger partial charge in [-0.1, -0.05) is 18.2 Å². The van der Waals surface area contributed by atoms with E-state index in [-0.39, 0.29) is 0 Å². The predicted molar refractivity (Wildman–Crippen MR) is 88.9 cm³/mol. The zero-order chi connectivity index (χ0) is 18.6. The lowest BCUT2D eigenvalue weighted by Crippen LogP contribution is -2.39. The van der Waals surface area contributed by atoms with Crippen molar-refractivity contribution in [3.63, 3.8) is 0 Å². The maximum absolute atomic E-state index is 13.7. The van der Waals surface area contributed by atoms with E-state index in [4.69, 9.17) is 4.74 Å². The first-order chi connectivity index (χ1) is 11.8. The molecule has 1 amide bonds. The number of ether oxygens (including phenoxy) is 1. The molecule has 2 aromatic rings. The number of nitrogens with one attached hydrogen (secondary N) is 1. The number of rotatable bonds is 6. The Balaban J connectivity index is 2.08. The van der Waals surface area contributed by atoms with E-state index in [1.165, 1.54) is 0 Å². The molecular weight excluding hydrogens is 333 g/mol. The molecule has 0 radical (unpaired) electrons. The summed E-state index contributed by atoms with van der Waals surface area (Å²) in [4.78, 5) is 14.0. The Morgan fingerprint density at radius 2 is 1.84 bits per heavy atom. The van der Waals surface area contributed by atoms with Gasteiger partial charge in [0.25, 0.3) is 0 Å². The topological polar surface area (TPSA) is 41.6 Å². The van der Waals surface area contributed by atoms with E-state index in [0.29, 0.717) is 12.3 Å². The molecule has 7 heteroatoms. The molecular formula is C18H19F3N2O2. The fraction of sp³-hybridized carbons (Fsp3) is 0.278. The van der Waals surface area contributed by atoms with Crippen molar-refractivity contribution < 1.29 is 22.7 Å². The highest BCUT2D eigenvalue weighted by Gasteiger charge is 2.22. The lowest BCUT2D eigenvalue weighted by Gasteiger charge is -2.24. The Morgan fingerprint density at radius 1 is 1.16 bits per heavy atom. The van der Waals surface area contributed by atoms with Gasteiger partial charge >= 0.3 is 0 Å². The Kier molecular flexibility index (Phi) is 6.03. The molecule has 4 nitrogen and oxygen atoms in total. The summed E-state index contributed by atoms with van der Waals surface area (Å²) in [6, 6.07) is 8.48. The second-order valence-electron chi connectivity index (χ2n) is 5.62. The lowest BCUT2D eigenvalue weighted by molar-refractivity contribution is -0.120. The highest BCUT2D eigenvalue weighted by Crippen LogP contribution is 2.22. The van der Waals surface area contributed by atoms with Crippen molar-refractivity contribution >= 4 is 11.6 Å². The zero-order valence-electron chi connectivity index (χ0n) is 14.1. The van der Waals surface area contributed by atoms with Crippen LogP contribution in [0.4, 0.5) is 18.9 Å². The first kappa shape index (κ1) is 18.8. The summed E-state index contributed by atoms with van der Waals surface area (Å²) in [6.07, 6.45) is 0. The van der Waals surface area contributed by atoms with Crippen LogP contribution in [0.15, 0.2) is 36.4 Å². The number of anilines is 1. The van der Waals surface area contributed by atoms with Crippen molar-refractivity contribution in [2.24, 2.45) is 0 Å². The SMILES string of the molecule is COc1ccccc1CN(C)[C@H](C)C(=O)Nc1ccc(F)c(F)c1F. The molecule has 0 heterocycles. The van der Waals surface area contributed by atoms with Gasteiger partial charge in [-0.3, -0.25) is 9.69 Å². The largest absolute Gasteiger partial charge is 0.496 e. The summed E-state index contributed by atoms with van der Waals surface area (Å²) < 4.78 is 45.1. The number of para-hydroxylation sites is 1. The molecule has 134 valence electrons.